The van der Waals surface area contributed by atoms with Crippen LogP contribution >= 0.6 is 0 Å². The van der Waals surface area contributed by atoms with Crippen molar-refractivity contribution in [3.63, 3.8) is 0 Å². The third-order valence-corrected chi connectivity index (χ3v) is 3.43. The molecule has 20 heavy (non-hydrogen) atoms. The molecule has 0 bridgehead atoms. The van der Waals surface area contributed by atoms with Crippen LogP contribution in [0.2, 0.25) is 0 Å². The Kier molecular flexibility index (Phi) is 4.84. The van der Waals surface area contributed by atoms with Crippen molar-refractivity contribution < 1.29 is 14.6 Å². The molecule has 0 radical (unpaired) electrons. The van der Waals surface area contributed by atoms with Crippen LogP contribution in [-0.2, 0) is 0 Å². The number of benzene rings is 1. The Morgan fingerprint density at radius 1 is 1.55 bits per heavy atom. The van der Waals surface area contributed by atoms with E-state index in [0.717, 1.165) is 29.8 Å². The van der Waals surface area contributed by atoms with Crippen molar-refractivity contribution in [2.45, 2.75) is 32.8 Å². The van der Waals surface area contributed by atoms with Crippen molar-refractivity contribution in [1.82, 2.24) is 4.90 Å². The molecule has 0 spiro atoms. The fraction of sp³-hybridized carbons (Fsp3) is 0.533. The van der Waals surface area contributed by atoms with E-state index >= 15 is 0 Å². The normalized spacial score (nSPS) is 18.8. The van der Waals surface area contributed by atoms with Crippen molar-refractivity contribution >= 4 is 11.7 Å². The number of hydrogen-bond donors (Lipinski definition) is 2. The molecule has 0 aromatic heterocycles. The second kappa shape index (κ2) is 6.61. The number of amides is 2. The van der Waals surface area contributed by atoms with Gasteiger partial charge in [-0.3, -0.25) is 0 Å². The zero-order valence-electron chi connectivity index (χ0n) is 12.1. The predicted molar refractivity (Wildman–Crippen MR) is 78.2 cm³/mol. The monoisotopic (exact) mass is 278 g/mol. The summed E-state index contributed by atoms with van der Waals surface area (Å²) in [5.41, 5.74) is 1.74. The summed E-state index contributed by atoms with van der Waals surface area (Å²) in [4.78, 5) is 13.8. The molecule has 1 fully saturated rings. The first-order chi connectivity index (χ1) is 9.60. The number of likely N-dealkylation sites (tertiary alicyclic amines) is 1. The molecule has 110 valence electrons. The molecule has 0 aliphatic carbocycles. The quantitative estimate of drug-likeness (QED) is 0.892. The van der Waals surface area contributed by atoms with Crippen LogP contribution in [-0.4, -0.2) is 41.8 Å². The lowest BCUT2D eigenvalue weighted by Crippen LogP contribution is -2.44. The zero-order chi connectivity index (χ0) is 14.5. The SMILES string of the molecule is CCOc1ccc(NC(=O)N2CCCC(O)C2)c(C)c1. The highest BCUT2D eigenvalue weighted by Crippen LogP contribution is 2.22. The Labute approximate surface area is 119 Å². The first kappa shape index (κ1) is 14.7. The molecule has 1 atom stereocenters. The van der Waals surface area contributed by atoms with Crippen LogP contribution in [0, 0.1) is 6.92 Å². The average Bonchev–Trinajstić information content (AvgIpc) is 2.42. The molecule has 1 aromatic rings. The van der Waals surface area contributed by atoms with Gasteiger partial charge in [0.15, 0.2) is 0 Å². The highest BCUT2D eigenvalue weighted by molar-refractivity contribution is 5.90. The highest BCUT2D eigenvalue weighted by atomic mass is 16.5. The van der Waals surface area contributed by atoms with Crippen molar-refractivity contribution in [2.75, 3.05) is 25.0 Å². The maximum Gasteiger partial charge on any atom is 0.321 e. The van der Waals surface area contributed by atoms with E-state index in [-0.39, 0.29) is 6.03 Å². The van der Waals surface area contributed by atoms with E-state index < -0.39 is 6.10 Å². The largest absolute Gasteiger partial charge is 0.494 e. The van der Waals surface area contributed by atoms with E-state index in [1.165, 1.54) is 0 Å². The summed E-state index contributed by atoms with van der Waals surface area (Å²) in [6.07, 6.45) is 1.21. The first-order valence-corrected chi connectivity index (χ1v) is 7.07. The van der Waals surface area contributed by atoms with E-state index in [0.29, 0.717) is 19.7 Å². The number of nitrogens with zero attached hydrogens (tertiary/aromatic N) is 1. The summed E-state index contributed by atoms with van der Waals surface area (Å²) in [7, 11) is 0. The number of urea groups is 1. The molecule has 2 N–H and O–H groups in total. The molecule has 1 saturated heterocycles. The number of aliphatic hydroxyl groups excluding tert-OH is 1. The minimum absolute atomic E-state index is 0.156. The zero-order valence-corrected chi connectivity index (χ0v) is 12.1. The summed E-state index contributed by atoms with van der Waals surface area (Å²) in [5.74, 6) is 0.802. The summed E-state index contributed by atoms with van der Waals surface area (Å²) in [6.45, 7) is 5.59. The van der Waals surface area contributed by atoms with E-state index in [4.69, 9.17) is 4.74 Å². The van der Waals surface area contributed by atoms with Crippen LogP contribution in [0.25, 0.3) is 0 Å². The molecule has 1 unspecified atom stereocenters. The summed E-state index contributed by atoms with van der Waals surface area (Å²) < 4.78 is 5.42. The third kappa shape index (κ3) is 3.63. The van der Waals surface area contributed by atoms with E-state index in [1.807, 2.05) is 32.0 Å². The van der Waals surface area contributed by atoms with Gasteiger partial charge in [0.1, 0.15) is 5.75 Å². The number of aryl methyl sites for hydroxylation is 1. The van der Waals surface area contributed by atoms with Gasteiger partial charge in [-0.05, 0) is 50.5 Å². The number of hydrogen-bond acceptors (Lipinski definition) is 3. The molecule has 1 heterocycles. The molecule has 0 saturated carbocycles. The summed E-state index contributed by atoms with van der Waals surface area (Å²) in [5, 5.41) is 12.5. The van der Waals surface area contributed by atoms with Gasteiger partial charge < -0.3 is 20.1 Å². The number of carbonyl (C=O) groups excluding carboxylic acids is 1. The van der Waals surface area contributed by atoms with Crippen LogP contribution in [0.4, 0.5) is 10.5 Å². The van der Waals surface area contributed by atoms with Crippen molar-refractivity contribution in [2.24, 2.45) is 0 Å². The van der Waals surface area contributed by atoms with Crippen molar-refractivity contribution in [1.29, 1.82) is 0 Å². The number of anilines is 1. The van der Waals surface area contributed by atoms with Gasteiger partial charge in [0.05, 0.1) is 12.7 Å². The van der Waals surface area contributed by atoms with Gasteiger partial charge in [0, 0.05) is 18.8 Å². The van der Waals surface area contributed by atoms with Gasteiger partial charge in [-0.1, -0.05) is 0 Å². The number of ether oxygens (including phenoxy) is 1. The molecule has 1 aromatic carbocycles. The van der Waals surface area contributed by atoms with Crippen LogP contribution < -0.4 is 10.1 Å². The number of aliphatic hydroxyl groups is 1. The fourth-order valence-corrected chi connectivity index (χ4v) is 2.37. The molecule has 2 amide bonds. The van der Waals surface area contributed by atoms with E-state index in [2.05, 4.69) is 5.32 Å². The van der Waals surface area contributed by atoms with Crippen LogP contribution in [0.5, 0.6) is 5.75 Å². The highest BCUT2D eigenvalue weighted by Gasteiger charge is 2.22. The molecule has 2 rings (SSSR count). The molecular weight excluding hydrogens is 256 g/mol. The minimum Gasteiger partial charge on any atom is -0.494 e. The number of piperidine rings is 1. The van der Waals surface area contributed by atoms with Gasteiger partial charge in [-0.15, -0.1) is 0 Å². The van der Waals surface area contributed by atoms with Gasteiger partial charge in [0.2, 0.25) is 0 Å². The van der Waals surface area contributed by atoms with Crippen LogP contribution in [0.15, 0.2) is 18.2 Å². The fourth-order valence-electron chi connectivity index (χ4n) is 2.37. The molecular formula is C15H22N2O3. The lowest BCUT2D eigenvalue weighted by Gasteiger charge is -2.30. The second-order valence-corrected chi connectivity index (χ2v) is 5.08. The standard InChI is InChI=1S/C15H22N2O3/c1-3-20-13-6-7-14(11(2)9-13)16-15(19)17-8-4-5-12(18)10-17/h6-7,9,12,18H,3-5,8,10H2,1-2H3,(H,16,19). The smallest absolute Gasteiger partial charge is 0.321 e. The Bertz CT molecular complexity index is 476. The maximum atomic E-state index is 12.1. The summed E-state index contributed by atoms with van der Waals surface area (Å²) >= 11 is 0. The van der Waals surface area contributed by atoms with Gasteiger partial charge in [0.25, 0.3) is 0 Å². The Morgan fingerprint density at radius 2 is 2.35 bits per heavy atom. The van der Waals surface area contributed by atoms with Crippen molar-refractivity contribution in [3.05, 3.63) is 23.8 Å². The van der Waals surface area contributed by atoms with E-state index in [1.54, 1.807) is 4.90 Å². The third-order valence-electron chi connectivity index (χ3n) is 3.43. The number of rotatable bonds is 3. The number of β-amino-alcohol motifs (C(OH)–C–C–N with tert-alkyl or cyclic N) is 1. The van der Waals surface area contributed by atoms with Gasteiger partial charge in [-0.2, -0.15) is 0 Å². The maximum absolute atomic E-state index is 12.1. The molecule has 5 nitrogen and oxygen atoms in total. The van der Waals surface area contributed by atoms with Gasteiger partial charge in [-0.25, -0.2) is 4.79 Å². The van der Waals surface area contributed by atoms with E-state index in [9.17, 15) is 9.90 Å². The first-order valence-electron chi connectivity index (χ1n) is 7.07. The topological polar surface area (TPSA) is 61.8 Å². The predicted octanol–water partition coefficient (Wildman–Crippen LogP) is 2.38. The molecule has 1 aliphatic heterocycles. The van der Waals surface area contributed by atoms with Crippen LogP contribution in [0.1, 0.15) is 25.3 Å². The number of carbonyl (C=O) groups is 1. The van der Waals surface area contributed by atoms with Crippen LogP contribution in [0.3, 0.4) is 0 Å². The Morgan fingerprint density at radius 3 is 3.00 bits per heavy atom. The average molecular weight is 278 g/mol. The second-order valence-electron chi connectivity index (χ2n) is 5.08. The van der Waals surface area contributed by atoms with Crippen molar-refractivity contribution in [3.8, 4) is 5.75 Å². The van der Waals surface area contributed by atoms with Gasteiger partial charge >= 0.3 is 6.03 Å². The lowest BCUT2D eigenvalue weighted by molar-refractivity contribution is 0.0883. The summed E-state index contributed by atoms with van der Waals surface area (Å²) in [6, 6.07) is 5.44. The lowest BCUT2D eigenvalue weighted by atomic mass is 10.1. The Hall–Kier alpha value is -1.75. The Balaban J connectivity index is 2.00. The number of nitrogens with one attached hydrogen (secondary N) is 1. The molecule has 5 heteroatoms. The molecule has 1 aliphatic rings. The minimum atomic E-state index is -0.407.